The van der Waals surface area contributed by atoms with Crippen molar-refractivity contribution in [3.8, 4) is 5.75 Å². The van der Waals surface area contributed by atoms with E-state index in [1.807, 2.05) is 25.2 Å². The third-order valence-corrected chi connectivity index (χ3v) is 4.04. The van der Waals surface area contributed by atoms with Crippen LogP contribution in [0.25, 0.3) is 0 Å². The number of likely N-dealkylation sites (tertiary alicyclic amines) is 1. The number of amides is 2. The molecule has 1 aliphatic rings. The zero-order chi connectivity index (χ0) is 17.1. The van der Waals surface area contributed by atoms with E-state index in [1.54, 1.807) is 20.1 Å². The number of carbonyl (C=O) groups excluding carboxylic acids is 1. The molecule has 2 heterocycles. The number of nitrogens with zero attached hydrogens (tertiary/aromatic N) is 3. The molecule has 8 nitrogen and oxygen atoms in total. The number of aromatic nitrogens is 2. The topological polar surface area (TPSA) is 92.5 Å². The van der Waals surface area contributed by atoms with Gasteiger partial charge < -0.3 is 19.9 Å². The lowest BCUT2D eigenvalue weighted by molar-refractivity contribution is 0.243. The van der Waals surface area contributed by atoms with Crippen LogP contribution in [0.4, 0.5) is 10.5 Å². The molecule has 1 aromatic carbocycles. The fraction of sp³-hybridized carbons (Fsp3) is 0.438. The van der Waals surface area contributed by atoms with Gasteiger partial charge in [-0.15, -0.1) is 0 Å². The molecule has 0 spiro atoms. The van der Waals surface area contributed by atoms with Crippen LogP contribution in [0, 0.1) is 6.92 Å². The Kier molecular flexibility index (Phi) is 4.66. The number of methoxy groups -OCH3 is 1. The van der Waals surface area contributed by atoms with Gasteiger partial charge in [0.1, 0.15) is 5.75 Å². The van der Waals surface area contributed by atoms with Crippen molar-refractivity contribution in [2.45, 2.75) is 25.4 Å². The Bertz CT molecular complexity index is 717. The minimum atomic E-state index is -0.246. The molecule has 128 valence electrons. The summed E-state index contributed by atoms with van der Waals surface area (Å²) in [6, 6.07) is 7.02. The molecule has 2 amide bonds. The summed E-state index contributed by atoms with van der Waals surface area (Å²) in [4.78, 5) is 18.6. The van der Waals surface area contributed by atoms with Crippen molar-refractivity contribution in [3.63, 3.8) is 0 Å². The van der Waals surface area contributed by atoms with E-state index in [-0.39, 0.29) is 18.1 Å². The first-order valence-corrected chi connectivity index (χ1v) is 7.77. The van der Waals surface area contributed by atoms with Crippen LogP contribution in [0.15, 0.2) is 28.8 Å². The number of urea groups is 1. The number of likely N-dealkylation sites (N-methyl/N-ethyl adjacent to an activating group) is 1. The molecule has 1 aromatic heterocycles. The maximum atomic E-state index is 12.2. The standard InChI is InChI=1S/C16H21N5O3/c1-10-17-15(24-20-10)14-8-12(9-21(14)2)19-16(22)18-11-5-4-6-13(7-11)23-3/h4-7,12,14H,8-9H2,1-3H3,(H2,18,19,22). The average Bonchev–Trinajstić information content (AvgIpc) is 3.13. The van der Waals surface area contributed by atoms with Gasteiger partial charge in [-0.3, -0.25) is 4.90 Å². The van der Waals surface area contributed by atoms with Gasteiger partial charge in [-0.05, 0) is 32.5 Å². The summed E-state index contributed by atoms with van der Waals surface area (Å²) in [7, 11) is 3.57. The van der Waals surface area contributed by atoms with Crippen LogP contribution < -0.4 is 15.4 Å². The number of benzene rings is 1. The summed E-state index contributed by atoms with van der Waals surface area (Å²) in [6.07, 6.45) is 0.726. The molecule has 1 aliphatic heterocycles. The second kappa shape index (κ2) is 6.88. The van der Waals surface area contributed by atoms with Gasteiger partial charge in [-0.2, -0.15) is 4.98 Å². The minimum Gasteiger partial charge on any atom is -0.497 e. The molecule has 2 aromatic rings. The molecule has 24 heavy (non-hydrogen) atoms. The van der Waals surface area contributed by atoms with Crippen LogP contribution in [-0.2, 0) is 0 Å². The van der Waals surface area contributed by atoms with Crippen molar-refractivity contribution >= 4 is 11.7 Å². The van der Waals surface area contributed by atoms with Gasteiger partial charge in [0, 0.05) is 24.3 Å². The maximum absolute atomic E-state index is 12.2. The highest BCUT2D eigenvalue weighted by Gasteiger charge is 2.34. The number of carbonyl (C=O) groups is 1. The predicted molar refractivity (Wildman–Crippen MR) is 88.0 cm³/mol. The molecule has 2 atom stereocenters. The van der Waals surface area contributed by atoms with Gasteiger partial charge in [0.15, 0.2) is 5.82 Å². The fourth-order valence-electron chi connectivity index (χ4n) is 2.89. The minimum absolute atomic E-state index is 0.0119. The van der Waals surface area contributed by atoms with Gasteiger partial charge in [-0.25, -0.2) is 4.79 Å². The van der Waals surface area contributed by atoms with Crippen molar-refractivity contribution < 1.29 is 14.1 Å². The molecule has 1 fully saturated rings. The smallest absolute Gasteiger partial charge is 0.319 e. The molecule has 2 N–H and O–H groups in total. The number of rotatable bonds is 4. The zero-order valence-corrected chi connectivity index (χ0v) is 13.9. The van der Waals surface area contributed by atoms with Gasteiger partial charge in [0.25, 0.3) is 0 Å². The second-order valence-electron chi connectivity index (χ2n) is 5.90. The number of anilines is 1. The van der Waals surface area contributed by atoms with Gasteiger partial charge >= 0.3 is 6.03 Å². The number of nitrogens with one attached hydrogen (secondary N) is 2. The molecule has 2 unspecified atom stereocenters. The lowest BCUT2D eigenvalue weighted by atomic mass is 10.1. The Morgan fingerprint density at radius 2 is 2.29 bits per heavy atom. The maximum Gasteiger partial charge on any atom is 0.319 e. The lowest BCUT2D eigenvalue weighted by Crippen LogP contribution is -2.39. The number of aryl methyl sites for hydroxylation is 1. The third-order valence-electron chi connectivity index (χ3n) is 4.04. The molecular formula is C16H21N5O3. The first-order valence-electron chi connectivity index (χ1n) is 7.77. The van der Waals surface area contributed by atoms with E-state index in [4.69, 9.17) is 9.26 Å². The van der Waals surface area contributed by atoms with E-state index in [9.17, 15) is 4.79 Å². The first kappa shape index (κ1) is 16.3. The average molecular weight is 331 g/mol. The normalized spacial score (nSPS) is 20.8. The Morgan fingerprint density at radius 1 is 1.46 bits per heavy atom. The van der Waals surface area contributed by atoms with Crippen LogP contribution in [0.1, 0.15) is 24.2 Å². The summed E-state index contributed by atoms with van der Waals surface area (Å²) in [6.45, 7) is 2.51. The largest absolute Gasteiger partial charge is 0.497 e. The Hall–Kier alpha value is -2.61. The van der Waals surface area contributed by atoms with E-state index in [2.05, 4.69) is 25.7 Å². The number of ether oxygens (including phenoxy) is 1. The van der Waals surface area contributed by atoms with E-state index in [1.165, 1.54) is 0 Å². The van der Waals surface area contributed by atoms with Gasteiger partial charge in [-0.1, -0.05) is 11.2 Å². The summed E-state index contributed by atoms with van der Waals surface area (Å²) in [5, 5.41) is 9.63. The predicted octanol–water partition coefficient (Wildman–Crippen LogP) is 1.95. The molecule has 1 saturated heterocycles. The van der Waals surface area contributed by atoms with Crippen molar-refractivity contribution in [2.75, 3.05) is 26.0 Å². The van der Waals surface area contributed by atoms with Crippen LogP contribution in [-0.4, -0.2) is 47.8 Å². The highest BCUT2D eigenvalue weighted by Crippen LogP contribution is 2.29. The Morgan fingerprint density at radius 3 is 3.00 bits per heavy atom. The molecule has 0 aliphatic carbocycles. The molecular weight excluding hydrogens is 310 g/mol. The molecule has 3 rings (SSSR count). The van der Waals surface area contributed by atoms with Crippen molar-refractivity contribution in [3.05, 3.63) is 36.0 Å². The van der Waals surface area contributed by atoms with E-state index >= 15 is 0 Å². The first-order chi connectivity index (χ1) is 11.5. The third kappa shape index (κ3) is 3.65. The van der Waals surface area contributed by atoms with Crippen LogP contribution >= 0.6 is 0 Å². The number of hydrogen-bond acceptors (Lipinski definition) is 6. The lowest BCUT2D eigenvalue weighted by Gasteiger charge is -2.14. The van der Waals surface area contributed by atoms with E-state index in [0.717, 1.165) is 13.0 Å². The summed E-state index contributed by atoms with van der Waals surface area (Å²) >= 11 is 0. The summed E-state index contributed by atoms with van der Waals surface area (Å²) in [5.41, 5.74) is 0.683. The molecule has 0 radical (unpaired) electrons. The highest BCUT2D eigenvalue weighted by molar-refractivity contribution is 5.89. The SMILES string of the molecule is COc1cccc(NC(=O)NC2CC(c3nc(C)no3)N(C)C2)c1. The molecule has 8 heteroatoms. The van der Waals surface area contributed by atoms with E-state index in [0.29, 0.717) is 23.2 Å². The quantitative estimate of drug-likeness (QED) is 0.889. The second-order valence-corrected chi connectivity index (χ2v) is 5.90. The molecule has 0 saturated carbocycles. The molecule has 0 bridgehead atoms. The van der Waals surface area contributed by atoms with Crippen molar-refractivity contribution in [2.24, 2.45) is 0 Å². The monoisotopic (exact) mass is 331 g/mol. The van der Waals surface area contributed by atoms with Crippen LogP contribution in [0.2, 0.25) is 0 Å². The van der Waals surface area contributed by atoms with E-state index < -0.39 is 0 Å². The van der Waals surface area contributed by atoms with Gasteiger partial charge in [0.2, 0.25) is 5.89 Å². The van der Waals surface area contributed by atoms with Crippen molar-refractivity contribution in [1.82, 2.24) is 20.4 Å². The Labute approximate surface area is 140 Å². The highest BCUT2D eigenvalue weighted by atomic mass is 16.5. The van der Waals surface area contributed by atoms with Crippen LogP contribution in [0.5, 0.6) is 5.75 Å². The number of hydrogen-bond donors (Lipinski definition) is 2. The summed E-state index contributed by atoms with van der Waals surface area (Å²) in [5.74, 6) is 1.90. The fourth-order valence-corrected chi connectivity index (χ4v) is 2.89. The van der Waals surface area contributed by atoms with Crippen LogP contribution in [0.3, 0.4) is 0 Å². The summed E-state index contributed by atoms with van der Waals surface area (Å²) < 4.78 is 10.4. The van der Waals surface area contributed by atoms with Crippen molar-refractivity contribution in [1.29, 1.82) is 0 Å². The Balaban J connectivity index is 1.57. The van der Waals surface area contributed by atoms with Gasteiger partial charge in [0.05, 0.1) is 13.2 Å². The zero-order valence-electron chi connectivity index (χ0n) is 13.9.